The first-order valence-electron chi connectivity index (χ1n) is 11.6. The first-order valence-corrected chi connectivity index (χ1v) is 11.6. The molecule has 1 atom stereocenters. The predicted octanol–water partition coefficient (Wildman–Crippen LogP) is 6.49. The fourth-order valence-corrected chi connectivity index (χ4v) is 4.77. The Balaban J connectivity index is 1.44. The van der Waals surface area contributed by atoms with Crippen LogP contribution in [0.25, 0.3) is 11.1 Å². The van der Waals surface area contributed by atoms with Gasteiger partial charge >= 0.3 is 0 Å². The molecule has 1 aliphatic rings. The molecule has 0 aliphatic carbocycles. The van der Waals surface area contributed by atoms with E-state index in [1.165, 1.54) is 34.2 Å². The molecule has 0 N–H and O–H groups in total. The first-order chi connectivity index (χ1) is 15.5. The van der Waals surface area contributed by atoms with Crippen LogP contribution in [0.1, 0.15) is 48.4 Å². The van der Waals surface area contributed by atoms with Crippen LogP contribution in [-0.2, 0) is 17.9 Å². The molecule has 1 heterocycles. The lowest BCUT2D eigenvalue weighted by atomic mass is 9.97. The van der Waals surface area contributed by atoms with E-state index in [-0.39, 0.29) is 11.8 Å². The van der Waals surface area contributed by atoms with E-state index in [4.69, 9.17) is 4.74 Å². The van der Waals surface area contributed by atoms with Crippen LogP contribution in [0.5, 0.6) is 5.75 Å². The van der Waals surface area contributed by atoms with Gasteiger partial charge < -0.3 is 4.74 Å². The van der Waals surface area contributed by atoms with Crippen molar-refractivity contribution in [2.75, 3.05) is 6.54 Å². The monoisotopic (exact) mass is 427 g/mol. The van der Waals surface area contributed by atoms with Gasteiger partial charge in [0.1, 0.15) is 18.1 Å². The Hall–Kier alpha value is -2.91. The molecular formula is C29H33NO2. The number of carbonyl (C=O) groups is 1. The molecule has 0 bridgehead atoms. The maximum atomic E-state index is 12.0. The molecule has 0 amide bonds. The number of likely N-dealkylation sites (tertiary alicyclic amines) is 1. The van der Waals surface area contributed by atoms with Crippen molar-refractivity contribution in [2.24, 2.45) is 0 Å². The third-order valence-electron chi connectivity index (χ3n) is 6.62. The summed E-state index contributed by atoms with van der Waals surface area (Å²) in [5, 5.41) is 0. The van der Waals surface area contributed by atoms with E-state index in [0.717, 1.165) is 37.2 Å². The molecule has 3 aromatic rings. The van der Waals surface area contributed by atoms with Crippen molar-refractivity contribution in [3.05, 3.63) is 89.0 Å². The highest BCUT2D eigenvalue weighted by atomic mass is 16.5. The Morgan fingerprint density at radius 1 is 1.00 bits per heavy atom. The van der Waals surface area contributed by atoms with Crippen LogP contribution in [0.4, 0.5) is 0 Å². The lowest BCUT2D eigenvalue weighted by Gasteiger charge is -2.34. The second-order valence-corrected chi connectivity index (χ2v) is 8.94. The second kappa shape index (κ2) is 10.1. The van der Waals surface area contributed by atoms with Gasteiger partial charge in [-0.2, -0.15) is 0 Å². The normalized spacial score (nSPS) is 16.7. The zero-order valence-corrected chi connectivity index (χ0v) is 19.4. The van der Waals surface area contributed by atoms with Crippen LogP contribution >= 0.6 is 0 Å². The molecule has 4 rings (SSSR count). The Morgan fingerprint density at radius 2 is 1.81 bits per heavy atom. The summed E-state index contributed by atoms with van der Waals surface area (Å²) in [6.45, 7) is 8.36. The molecule has 1 unspecified atom stereocenters. The summed E-state index contributed by atoms with van der Waals surface area (Å²) in [5.41, 5.74) is 7.32. The minimum Gasteiger partial charge on any atom is -0.489 e. The smallest absolute Gasteiger partial charge is 0.146 e. The molecule has 1 fully saturated rings. The summed E-state index contributed by atoms with van der Waals surface area (Å²) < 4.78 is 6.23. The highest BCUT2D eigenvalue weighted by Crippen LogP contribution is 2.28. The average Bonchev–Trinajstić information content (AvgIpc) is 2.80. The van der Waals surface area contributed by atoms with Crippen molar-refractivity contribution >= 4 is 5.78 Å². The van der Waals surface area contributed by atoms with E-state index in [9.17, 15) is 4.79 Å². The largest absolute Gasteiger partial charge is 0.489 e. The molecular weight excluding hydrogens is 394 g/mol. The Bertz CT molecular complexity index is 1070. The molecule has 1 aliphatic heterocycles. The standard InChI is InChI=1S/C29H33NO2/c1-21-18-24(19-30-17-8-7-14-28(30)23(3)31)15-16-29(21)32-20-26-12-9-13-27(22(26)2)25-10-5-4-6-11-25/h4-6,9-13,15-16,18,28H,7-8,14,17,19-20H2,1-3H3. The van der Waals surface area contributed by atoms with E-state index < -0.39 is 0 Å². The minimum atomic E-state index is 0.0693. The molecule has 3 heteroatoms. The lowest BCUT2D eigenvalue weighted by Crippen LogP contribution is -2.43. The van der Waals surface area contributed by atoms with Crippen molar-refractivity contribution in [3.63, 3.8) is 0 Å². The molecule has 3 aromatic carbocycles. The number of ether oxygens (including phenoxy) is 1. The number of piperidine rings is 1. The van der Waals surface area contributed by atoms with Crippen LogP contribution < -0.4 is 4.74 Å². The summed E-state index contributed by atoms with van der Waals surface area (Å²) >= 11 is 0. The van der Waals surface area contributed by atoms with Gasteiger partial charge in [0.15, 0.2) is 0 Å². The summed E-state index contributed by atoms with van der Waals surface area (Å²) in [4.78, 5) is 14.4. The topological polar surface area (TPSA) is 29.5 Å². The first kappa shape index (κ1) is 22.3. The van der Waals surface area contributed by atoms with Crippen molar-refractivity contribution < 1.29 is 9.53 Å². The summed E-state index contributed by atoms with van der Waals surface area (Å²) in [7, 11) is 0. The van der Waals surface area contributed by atoms with Crippen molar-refractivity contribution in [2.45, 2.75) is 59.2 Å². The van der Waals surface area contributed by atoms with Gasteiger partial charge in [-0.05, 0) is 79.6 Å². The van der Waals surface area contributed by atoms with Crippen molar-refractivity contribution in [3.8, 4) is 16.9 Å². The molecule has 0 saturated carbocycles. The van der Waals surface area contributed by atoms with Crippen LogP contribution in [-0.4, -0.2) is 23.3 Å². The van der Waals surface area contributed by atoms with Gasteiger partial charge in [-0.3, -0.25) is 9.69 Å². The number of carbonyl (C=O) groups excluding carboxylic acids is 1. The third-order valence-corrected chi connectivity index (χ3v) is 6.62. The molecule has 166 valence electrons. The lowest BCUT2D eigenvalue weighted by molar-refractivity contribution is -0.123. The molecule has 0 radical (unpaired) electrons. The van der Waals surface area contributed by atoms with Gasteiger partial charge in [0.2, 0.25) is 0 Å². The SMILES string of the molecule is CC(=O)C1CCCCN1Cc1ccc(OCc2cccc(-c3ccccc3)c2C)c(C)c1. The maximum absolute atomic E-state index is 12.0. The Kier molecular flexibility index (Phi) is 7.06. The number of aryl methyl sites for hydroxylation is 1. The summed E-state index contributed by atoms with van der Waals surface area (Å²) in [5.74, 6) is 1.20. The van der Waals surface area contributed by atoms with Gasteiger partial charge in [-0.25, -0.2) is 0 Å². The zero-order chi connectivity index (χ0) is 22.5. The van der Waals surface area contributed by atoms with E-state index in [1.807, 2.05) is 6.07 Å². The van der Waals surface area contributed by atoms with Crippen LogP contribution in [0.3, 0.4) is 0 Å². The van der Waals surface area contributed by atoms with Gasteiger partial charge in [0, 0.05) is 6.54 Å². The van der Waals surface area contributed by atoms with E-state index in [2.05, 4.69) is 79.4 Å². The number of hydrogen-bond donors (Lipinski definition) is 0. The fraction of sp³-hybridized carbons (Fsp3) is 0.345. The van der Waals surface area contributed by atoms with Crippen LogP contribution in [0.2, 0.25) is 0 Å². The van der Waals surface area contributed by atoms with Gasteiger partial charge in [0.05, 0.1) is 6.04 Å². The van der Waals surface area contributed by atoms with Gasteiger partial charge in [-0.15, -0.1) is 0 Å². The molecule has 0 spiro atoms. The van der Waals surface area contributed by atoms with Crippen LogP contribution in [0.15, 0.2) is 66.7 Å². The zero-order valence-electron chi connectivity index (χ0n) is 19.4. The van der Waals surface area contributed by atoms with E-state index in [1.54, 1.807) is 6.92 Å². The number of nitrogens with zero attached hydrogens (tertiary/aromatic N) is 1. The van der Waals surface area contributed by atoms with Crippen LogP contribution in [0, 0.1) is 13.8 Å². The highest BCUT2D eigenvalue weighted by molar-refractivity contribution is 5.81. The molecule has 0 aromatic heterocycles. The summed E-state index contributed by atoms with van der Waals surface area (Å²) in [6.07, 6.45) is 3.31. The quantitative estimate of drug-likeness (QED) is 0.431. The number of ketones is 1. The molecule has 32 heavy (non-hydrogen) atoms. The van der Waals surface area contributed by atoms with Gasteiger partial charge in [-0.1, -0.05) is 67.1 Å². The number of Topliss-reactive ketones (excluding diaryl/α,β-unsaturated/α-hetero) is 1. The van der Waals surface area contributed by atoms with Gasteiger partial charge in [0.25, 0.3) is 0 Å². The Labute approximate surface area is 192 Å². The average molecular weight is 428 g/mol. The van der Waals surface area contributed by atoms with E-state index >= 15 is 0 Å². The number of benzene rings is 3. The van der Waals surface area contributed by atoms with Crippen molar-refractivity contribution in [1.29, 1.82) is 0 Å². The molecule has 1 saturated heterocycles. The maximum Gasteiger partial charge on any atom is 0.146 e. The highest BCUT2D eigenvalue weighted by Gasteiger charge is 2.25. The summed E-state index contributed by atoms with van der Waals surface area (Å²) in [6, 6.07) is 23.4. The number of rotatable bonds is 7. The fourth-order valence-electron chi connectivity index (χ4n) is 4.77. The second-order valence-electron chi connectivity index (χ2n) is 8.94. The Morgan fingerprint density at radius 3 is 2.56 bits per heavy atom. The number of hydrogen-bond acceptors (Lipinski definition) is 3. The van der Waals surface area contributed by atoms with Crippen molar-refractivity contribution in [1.82, 2.24) is 4.90 Å². The third kappa shape index (κ3) is 5.11. The molecule has 3 nitrogen and oxygen atoms in total. The minimum absolute atomic E-state index is 0.0693. The van der Waals surface area contributed by atoms with E-state index in [0.29, 0.717) is 6.61 Å². The predicted molar refractivity (Wildman–Crippen MR) is 131 cm³/mol.